The van der Waals surface area contributed by atoms with Crippen LogP contribution in [0.1, 0.15) is 17.4 Å². The van der Waals surface area contributed by atoms with Crippen LogP contribution in [0.3, 0.4) is 0 Å². The molecule has 0 fully saturated rings. The summed E-state index contributed by atoms with van der Waals surface area (Å²) in [6.45, 7) is 0. The first kappa shape index (κ1) is 31.4. The van der Waals surface area contributed by atoms with E-state index in [2.05, 4.69) is 125 Å². The van der Waals surface area contributed by atoms with Gasteiger partial charge in [-0.3, -0.25) is 15.0 Å². The maximum Gasteiger partial charge on any atom is 0.0894 e. The average molecular weight is 693 g/mol. The van der Waals surface area contributed by atoms with Crippen LogP contribution >= 0.6 is 0 Å². The van der Waals surface area contributed by atoms with E-state index in [1.165, 1.54) is 32.3 Å². The van der Waals surface area contributed by atoms with E-state index >= 15 is 0 Å². The molecule has 1 atom stereocenters. The van der Waals surface area contributed by atoms with Crippen LogP contribution in [0, 0.1) is 0 Å². The van der Waals surface area contributed by atoms with Crippen molar-refractivity contribution in [2.75, 3.05) is 0 Å². The van der Waals surface area contributed by atoms with Gasteiger partial charge in [0.05, 0.1) is 57.3 Å². The van der Waals surface area contributed by atoms with Gasteiger partial charge in [-0.2, -0.15) is 0 Å². The molecule has 0 saturated carbocycles. The Morgan fingerprint density at radius 3 is 1.52 bits per heavy atom. The first-order valence-electron chi connectivity index (χ1n) is 18.0. The van der Waals surface area contributed by atoms with Crippen molar-refractivity contribution in [3.05, 3.63) is 194 Å². The predicted molar refractivity (Wildman–Crippen MR) is 219 cm³/mol. The number of aromatic nitrogens is 5. The number of benzene rings is 4. The summed E-state index contributed by atoms with van der Waals surface area (Å²) < 4.78 is 0. The lowest BCUT2D eigenvalue weighted by Crippen LogP contribution is -2.21. The Morgan fingerprint density at radius 1 is 0.389 bits per heavy atom. The van der Waals surface area contributed by atoms with Gasteiger partial charge >= 0.3 is 0 Å². The van der Waals surface area contributed by atoms with E-state index in [1.54, 1.807) is 6.20 Å². The van der Waals surface area contributed by atoms with Crippen molar-refractivity contribution in [3.8, 4) is 45.3 Å². The topological polar surface area (TPSA) is 76.5 Å². The fourth-order valence-electron chi connectivity index (χ4n) is 7.41. The van der Waals surface area contributed by atoms with E-state index < -0.39 is 0 Å². The van der Waals surface area contributed by atoms with Crippen LogP contribution in [0.25, 0.3) is 83.3 Å². The minimum atomic E-state index is -0.0606. The summed E-state index contributed by atoms with van der Waals surface area (Å²) in [5.74, 6) is 0. The largest absolute Gasteiger partial charge is 0.372 e. The Hall–Kier alpha value is -7.31. The SMILES string of the molecule is C1=CC(c2cccc(-c3ccc4c5ccc(-c6cccc(-c7cccc(-c8ccccn8)n7)n6)cc5c5ccccc5c4c3)n2)NC(c2ccccn2)=C1. The molecule has 54 heavy (non-hydrogen) atoms. The maximum atomic E-state index is 5.16. The summed E-state index contributed by atoms with van der Waals surface area (Å²) in [6, 6.07) is 52.2. The van der Waals surface area contributed by atoms with E-state index in [-0.39, 0.29) is 6.04 Å². The lowest BCUT2D eigenvalue weighted by Gasteiger charge is -2.21. The Kier molecular flexibility index (Phi) is 7.77. The highest BCUT2D eigenvalue weighted by molar-refractivity contribution is 6.26. The zero-order chi connectivity index (χ0) is 35.8. The Bertz CT molecular complexity index is 2900. The zero-order valence-electron chi connectivity index (χ0n) is 29.1. The second-order valence-corrected chi connectivity index (χ2v) is 13.3. The quantitative estimate of drug-likeness (QED) is 0.175. The predicted octanol–water partition coefficient (Wildman–Crippen LogP) is 11.0. The molecule has 254 valence electrons. The van der Waals surface area contributed by atoms with Gasteiger partial charge in [-0.05, 0) is 111 Å². The van der Waals surface area contributed by atoms with E-state index in [9.17, 15) is 0 Å². The average Bonchev–Trinajstić information content (AvgIpc) is 3.27. The molecule has 1 aliphatic rings. The highest BCUT2D eigenvalue weighted by atomic mass is 15.0. The van der Waals surface area contributed by atoms with Gasteiger partial charge in [0.1, 0.15) is 0 Å². The van der Waals surface area contributed by atoms with Crippen LogP contribution in [0.5, 0.6) is 0 Å². The molecular weight excluding hydrogens is 661 g/mol. The molecular formula is C48H32N6. The monoisotopic (exact) mass is 692 g/mol. The van der Waals surface area contributed by atoms with E-state index in [0.29, 0.717) is 0 Å². The Labute approximate surface area is 312 Å². The third-order valence-electron chi connectivity index (χ3n) is 10.0. The number of hydrogen-bond acceptors (Lipinski definition) is 6. The second kappa shape index (κ2) is 13.3. The molecule has 10 rings (SSSR count). The van der Waals surface area contributed by atoms with E-state index in [4.69, 9.17) is 15.0 Å². The molecule has 6 heteroatoms. The highest BCUT2D eigenvalue weighted by Crippen LogP contribution is 2.39. The normalized spacial score (nSPS) is 13.9. The Balaban J connectivity index is 1.01. The molecule has 4 aromatic carbocycles. The summed E-state index contributed by atoms with van der Waals surface area (Å²) in [6.07, 6.45) is 9.87. The summed E-state index contributed by atoms with van der Waals surface area (Å²) in [5, 5.41) is 10.8. The summed E-state index contributed by atoms with van der Waals surface area (Å²) in [4.78, 5) is 24.2. The van der Waals surface area contributed by atoms with Gasteiger partial charge in [0, 0.05) is 23.5 Å². The van der Waals surface area contributed by atoms with Gasteiger partial charge in [0.25, 0.3) is 0 Å². The first-order valence-corrected chi connectivity index (χ1v) is 18.0. The third-order valence-corrected chi connectivity index (χ3v) is 10.0. The van der Waals surface area contributed by atoms with Crippen LogP contribution < -0.4 is 5.32 Å². The van der Waals surface area contributed by atoms with Crippen LogP contribution in [0.4, 0.5) is 0 Å². The molecule has 0 aliphatic carbocycles. The maximum absolute atomic E-state index is 5.16. The standard InChI is InChI=1S/C48H32N6/c1-2-12-34-33(11-1)37-29-31(39-15-7-19-45(51-39)47-21-9-17-43(53-47)41-13-3-5-27-49-41)23-25-35(37)36-26-24-32(30-38(34)36)40-16-8-20-46(52-40)48-22-10-18-44(54-48)42-14-4-6-28-50-42/h1-30,47,53H. The molecule has 9 aromatic rings. The molecule has 6 heterocycles. The van der Waals surface area contributed by atoms with Gasteiger partial charge in [-0.1, -0.05) is 91.0 Å². The first-order chi connectivity index (χ1) is 26.7. The van der Waals surface area contributed by atoms with Crippen LogP contribution in [-0.2, 0) is 0 Å². The van der Waals surface area contributed by atoms with Crippen molar-refractivity contribution in [3.63, 3.8) is 0 Å². The van der Waals surface area contributed by atoms with Gasteiger partial charge in [-0.15, -0.1) is 0 Å². The number of rotatable bonds is 6. The summed E-state index contributed by atoms with van der Waals surface area (Å²) in [5.41, 5.74) is 10.1. The molecule has 0 saturated heterocycles. The van der Waals surface area contributed by atoms with Crippen LogP contribution in [-0.4, -0.2) is 24.9 Å². The summed E-state index contributed by atoms with van der Waals surface area (Å²) in [7, 11) is 0. The van der Waals surface area contributed by atoms with Crippen molar-refractivity contribution in [1.82, 2.24) is 30.2 Å². The number of allylic oxidation sites excluding steroid dienone is 2. The number of hydrogen-bond donors (Lipinski definition) is 1. The van der Waals surface area contributed by atoms with E-state index in [1.807, 2.05) is 66.9 Å². The number of dihydropyridines is 1. The summed E-state index contributed by atoms with van der Waals surface area (Å²) >= 11 is 0. The fourth-order valence-corrected chi connectivity index (χ4v) is 7.41. The number of fused-ring (bicyclic) bond motifs is 6. The zero-order valence-corrected chi connectivity index (χ0v) is 29.1. The fraction of sp³-hybridized carbons (Fsp3) is 0.0208. The molecule has 0 bridgehead atoms. The van der Waals surface area contributed by atoms with Crippen molar-refractivity contribution >= 4 is 38.0 Å². The van der Waals surface area contributed by atoms with Crippen LogP contribution in [0.15, 0.2) is 182 Å². The van der Waals surface area contributed by atoms with Gasteiger partial charge in [0.15, 0.2) is 0 Å². The number of nitrogens with zero attached hydrogens (tertiary/aromatic N) is 5. The molecule has 0 radical (unpaired) electrons. The lowest BCUT2D eigenvalue weighted by atomic mass is 9.91. The second-order valence-electron chi connectivity index (χ2n) is 13.3. The van der Waals surface area contributed by atoms with Gasteiger partial charge < -0.3 is 5.32 Å². The minimum absolute atomic E-state index is 0.0606. The number of pyridine rings is 5. The minimum Gasteiger partial charge on any atom is -0.372 e. The highest BCUT2D eigenvalue weighted by Gasteiger charge is 2.17. The Morgan fingerprint density at radius 2 is 0.889 bits per heavy atom. The van der Waals surface area contributed by atoms with Crippen molar-refractivity contribution < 1.29 is 0 Å². The molecule has 5 aromatic heterocycles. The third kappa shape index (κ3) is 5.76. The van der Waals surface area contributed by atoms with E-state index in [0.717, 1.165) is 62.4 Å². The smallest absolute Gasteiger partial charge is 0.0894 e. The molecule has 6 nitrogen and oxygen atoms in total. The molecule has 1 N–H and O–H groups in total. The van der Waals surface area contributed by atoms with Crippen molar-refractivity contribution in [2.45, 2.75) is 6.04 Å². The van der Waals surface area contributed by atoms with Crippen molar-refractivity contribution in [2.24, 2.45) is 0 Å². The lowest BCUT2D eigenvalue weighted by molar-refractivity contribution is 0.735. The van der Waals surface area contributed by atoms with Crippen molar-refractivity contribution in [1.29, 1.82) is 0 Å². The molecule has 0 amide bonds. The van der Waals surface area contributed by atoms with Crippen LogP contribution in [0.2, 0.25) is 0 Å². The molecule has 1 aliphatic heterocycles. The van der Waals surface area contributed by atoms with Gasteiger partial charge in [-0.25, -0.2) is 9.97 Å². The molecule has 0 spiro atoms. The van der Waals surface area contributed by atoms with Gasteiger partial charge in [0.2, 0.25) is 0 Å². The number of nitrogens with one attached hydrogen (secondary N) is 1. The molecule has 1 unspecified atom stereocenters.